The van der Waals surface area contributed by atoms with E-state index in [2.05, 4.69) is 13.8 Å². The summed E-state index contributed by atoms with van der Waals surface area (Å²) in [4.78, 5) is 12.3. The van der Waals surface area contributed by atoms with E-state index in [1.165, 1.54) is 44.1 Å². The molecule has 3 heteroatoms. The summed E-state index contributed by atoms with van der Waals surface area (Å²) in [5, 5.41) is 0. The van der Waals surface area contributed by atoms with Gasteiger partial charge in [-0.1, -0.05) is 58.1 Å². The summed E-state index contributed by atoms with van der Waals surface area (Å²) < 4.78 is 11.1. The van der Waals surface area contributed by atoms with E-state index in [4.69, 9.17) is 9.47 Å². The SMILES string of the molecule is CCCCCCc1ccc(OC(=O)c2ccc(OCCCCC)cc2)cc1. The van der Waals surface area contributed by atoms with Gasteiger partial charge in [-0.15, -0.1) is 0 Å². The second-order valence-electron chi connectivity index (χ2n) is 6.92. The van der Waals surface area contributed by atoms with Crippen molar-refractivity contribution in [3.05, 3.63) is 59.7 Å². The van der Waals surface area contributed by atoms with Crippen LogP contribution in [0.25, 0.3) is 0 Å². The van der Waals surface area contributed by atoms with Gasteiger partial charge in [0.15, 0.2) is 0 Å². The van der Waals surface area contributed by atoms with E-state index in [1.807, 2.05) is 36.4 Å². The molecule has 2 rings (SSSR count). The smallest absolute Gasteiger partial charge is 0.343 e. The van der Waals surface area contributed by atoms with Crippen molar-refractivity contribution in [1.82, 2.24) is 0 Å². The zero-order chi connectivity index (χ0) is 19.3. The third-order valence-corrected chi connectivity index (χ3v) is 4.56. The zero-order valence-electron chi connectivity index (χ0n) is 16.7. The first-order chi connectivity index (χ1) is 13.2. The second kappa shape index (κ2) is 12.2. The molecule has 0 heterocycles. The lowest BCUT2D eigenvalue weighted by Crippen LogP contribution is -2.08. The highest BCUT2D eigenvalue weighted by molar-refractivity contribution is 5.91. The predicted octanol–water partition coefficient (Wildman–Crippen LogP) is 6.60. The van der Waals surface area contributed by atoms with Crippen LogP contribution < -0.4 is 9.47 Å². The lowest BCUT2D eigenvalue weighted by Gasteiger charge is -2.08. The number of esters is 1. The number of rotatable bonds is 12. The summed E-state index contributed by atoms with van der Waals surface area (Å²) in [6.07, 6.45) is 9.49. The van der Waals surface area contributed by atoms with Crippen LogP contribution in [-0.4, -0.2) is 12.6 Å². The van der Waals surface area contributed by atoms with Gasteiger partial charge in [0.05, 0.1) is 12.2 Å². The Hall–Kier alpha value is -2.29. The average Bonchev–Trinajstić information content (AvgIpc) is 2.70. The van der Waals surface area contributed by atoms with Crippen molar-refractivity contribution in [1.29, 1.82) is 0 Å². The topological polar surface area (TPSA) is 35.5 Å². The first-order valence-electron chi connectivity index (χ1n) is 10.3. The molecule has 27 heavy (non-hydrogen) atoms. The van der Waals surface area contributed by atoms with Gasteiger partial charge in [0.25, 0.3) is 0 Å². The van der Waals surface area contributed by atoms with E-state index < -0.39 is 0 Å². The van der Waals surface area contributed by atoms with Crippen LogP contribution in [0.3, 0.4) is 0 Å². The summed E-state index contributed by atoms with van der Waals surface area (Å²) in [6.45, 7) is 5.10. The number of hydrogen-bond donors (Lipinski definition) is 0. The van der Waals surface area contributed by atoms with Gasteiger partial charge in [0.2, 0.25) is 0 Å². The molecule has 0 aliphatic rings. The van der Waals surface area contributed by atoms with Crippen LogP contribution in [0.5, 0.6) is 11.5 Å². The molecule has 0 aromatic heterocycles. The molecule has 2 aromatic carbocycles. The Kier molecular flexibility index (Phi) is 9.47. The average molecular weight is 369 g/mol. The normalized spacial score (nSPS) is 10.6. The van der Waals surface area contributed by atoms with Crippen LogP contribution in [0.15, 0.2) is 48.5 Å². The Labute approximate surface area is 163 Å². The van der Waals surface area contributed by atoms with E-state index in [0.29, 0.717) is 17.9 Å². The minimum Gasteiger partial charge on any atom is -0.494 e. The predicted molar refractivity (Wildman–Crippen MR) is 111 cm³/mol. The number of ether oxygens (including phenoxy) is 2. The summed E-state index contributed by atoms with van der Waals surface area (Å²) in [6, 6.07) is 15.0. The van der Waals surface area contributed by atoms with E-state index in [1.54, 1.807) is 12.1 Å². The molecular weight excluding hydrogens is 336 g/mol. The minimum absolute atomic E-state index is 0.344. The molecule has 0 radical (unpaired) electrons. The first kappa shape index (κ1) is 21.0. The molecule has 0 amide bonds. The maximum absolute atomic E-state index is 12.3. The quantitative estimate of drug-likeness (QED) is 0.240. The Morgan fingerprint density at radius 1 is 0.741 bits per heavy atom. The summed E-state index contributed by atoms with van der Waals surface area (Å²) in [5.74, 6) is 1.02. The lowest BCUT2D eigenvalue weighted by atomic mass is 10.1. The van der Waals surface area contributed by atoms with Crippen LogP contribution in [0, 0.1) is 0 Å². The third-order valence-electron chi connectivity index (χ3n) is 4.56. The lowest BCUT2D eigenvalue weighted by molar-refractivity contribution is 0.0734. The van der Waals surface area contributed by atoms with E-state index in [0.717, 1.165) is 18.6 Å². The largest absolute Gasteiger partial charge is 0.494 e. The molecule has 0 atom stereocenters. The summed E-state index contributed by atoms with van der Waals surface area (Å²) in [7, 11) is 0. The van der Waals surface area contributed by atoms with Gasteiger partial charge in [0, 0.05) is 0 Å². The van der Waals surface area contributed by atoms with Crippen molar-refractivity contribution >= 4 is 5.97 Å². The maximum atomic E-state index is 12.3. The Morgan fingerprint density at radius 3 is 2.04 bits per heavy atom. The molecule has 146 valence electrons. The van der Waals surface area contributed by atoms with Crippen LogP contribution in [0.2, 0.25) is 0 Å². The molecule has 0 aliphatic carbocycles. The molecule has 3 nitrogen and oxygen atoms in total. The molecule has 0 saturated carbocycles. The highest BCUT2D eigenvalue weighted by Gasteiger charge is 2.09. The zero-order valence-corrected chi connectivity index (χ0v) is 16.7. The van der Waals surface area contributed by atoms with Crippen molar-refractivity contribution in [2.75, 3.05) is 6.61 Å². The molecule has 0 bridgehead atoms. The molecule has 0 aliphatic heterocycles. The molecule has 2 aromatic rings. The van der Waals surface area contributed by atoms with Gasteiger partial charge in [-0.3, -0.25) is 0 Å². The van der Waals surface area contributed by atoms with Crippen LogP contribution in [0.4, 0.5) is 0 Å². The van der Waals surface area contributed by atoms with Gasteiger partial charge >= 0.3 is 5.97 Å². The second-order valence-corrected chi connectivity index (χ2v) is 6.92. The highest BCUT2D eigenvalue weighted by Crippen LogP contribution is 2.18. The molecule has 0 unspecified atom stereocenters. The third kappa shape index (κ3) is 7.86. The number of unbranched alkanes of at least 4 members (excludes halogenated alkanes) is 5. The minimum atomic E-state index is -0.344. The van der Waals surface area contributed by atoms with Crippen molar-refractivity contribution in [2.24, 2.45) is 0 Å². The highest BCUT2D eigenvalue weighted by atomic mass is 16.5. The number of hydrogen-bond acceptors (Lipinski definition) is 3. The van der Waals surface area contributed by atoms with Gasteiger partial charge in [-0.2, -0.15) is 0 Å². The Morgan fingerprint density at radius 2 is 1.37 bits per heavy atom. The fraction of sp³-hybridized carbons (Fsp3) is 0.458. The van der Waals surface area contributed by atoms with Gasteiger partial charge < -0.3 is 9.47 Å². The van der Waals surface area contributed by atoms with Crippen LogP contribution in [0.1, 0.15) is 74.7 Å². The first-order valence-corrected chi connectivity index (χ1v) is 10.3. The molecule has 0 saturated heterocycles. The monoisotopic (exact) mass is 368 g/mol. The van der Waals surface area contributed by atoms with Crippen LogP contribution in [-0.2, 0) is 6.42 Å². The Bertz CT molecular complexity index is 659. The van der Waals surface area contributed by atoms with Crippen molar-refractivity contribution < 1.29 is 14.3 Å². The number of carbonyl (C=O) groups is 1. The van der Waals surface area contributed by atoms with E-state index in [-0.39, 0.29) is 5.97 Å². The van der Waals surface area contributed by atoms with Gasteiger partial charge in [-0.05, 0) is 61.2 Å². The fourth-order valence-corrected chi connectivity index (χ4v) is 2.88. The fourth-order valence-electron chi connectivity index (χ4n) is 2.88. The number of carbonyl (C=O) groups excluding carboxylic acids is 1. The number of aryl methyl sites for hydroxylation is 1. The molecule has 0 spiro atoms. The van der Waals surface area contributed by atoms with Crippen molar-refractivity contribution in [2.45, 2.75) is 65.2 Å². The Balaban J connectivity index is 1.80. The van der Waals surface area contributed by atoms with Crippen molar-refractivity contribution in [3.8, 4) is 11.5 Å². The van der Waals surface area contributed by atoms with Gasteiger partial charge in [-0.25, -0.2) is 4.79 Å². The molecular formula is C24H32O3. The standard InChI is InChI=1S/C24H32O3/c1-3-5-7-8-10-20-11-15-23(16-12-20)27-24(25)21-13-17-22(18-14-21)26-19-9-6-4-2/h11-18H,3-10,19H2,1-2H3. The van der Waals surface area contributed by atoms with E-state index in [9.17, 15) is 4.79 Å². The van der Waals surface area contributed by atoms with E-state index >= 15 is 0 Å². The molecule has 0 N–H and O–H groups in total. The van der Waals surface area contributed by atoms with Crippen molar-refractivity contribution in [3.63, 3.8) is 0 Å². The maximum Gasteiger partial charge on any atom is 0.343 e. The van der Waals surface area contributed by atoms with Gasteiger partial charge in [0.1, 0.15) is 11.5 Å². The number of benzene rings is 2. The summed E-state index contributed by atoms with van der Waals surface area (Å²) in [5.41, 5.74) is 1.81. The van der Waals surface area contributed by atoms with Crippen LogP contribution >= 0.6 is 0 Å². The molecule has 0 fully saturated rings. The summed E-state index contributed by atoms with van der Waals surface area (Å²) >= 11 is 0.